The molecule has 0 bridgehead atoms. The maximum atomic E-state index is 9.69. The molecule has 0 amide bonds. The summed E-state index contributed by atoms with van der Waals surface area (Å²) < 4.78 is 6.68. The number of halogens is 1. The van der Waals surface area contributed by atoms with Crippen LogP contribution in [-0.4, -0.2) is 11.7 Å². The first-order chi connectivity index (χ1) is 8.65. The quantitative estimate of drug-likeness (QED) is 0.560. The van der Waals surface area contributed by atoms with Crippen LogP contribution in [0.25, 0.3) is 0 Å². The molecule has 0 aromatic heterocycles. The van der Waals surface area contributed by atoms with E-state index >= 15 is 0 Å². The molecule has 0 fully saturated rings. The molecule has 1 rings (SSSR count). The number of unbranched alkanes of at least 4 members (excludes halogenated alkanes) is 3. The Bertz CT molecular complexity index is 375. The van der Waals surface area contributed by atoms with Crippen molar-refractivity contribution >= 4 is 15.9 Å². The second kappa shape index (κ2) is 8.33. The van der Waals surface area contributed by atoms with Crippen LogP contribution in [0.5, 0.6) is 5.75 Å². The summed E-state index contributed by atoms with van der Waals surface area (Å²) in [6.07, 6.45) is 5.84. The lowest BCUT2D eigenvalue weighted by Gasteiger charge is -2.13. The summed E-state index contributed by atoms with van der Waals surface area (Å²) in [6, 6.07) is 5.73. The summed E-state index contributed by atoms with van der Waals surface area (Å²) in [4.78, 5) is 0. The van der Waals surface area contributed by atoms with E-state index in [9.17, 15) is 5.11 Å². The van der Waals surface area contributed by atoms with Crippen LogP contribution in [0.1, 0.15) is 44.3 Å². The molecule has 0 saturated heterocycles. The van der Waals surface area contributed by atoms with Gasteiger partial charge in [-0.2, -0.15) is 0 Å². The van der Waals surface area contributed by atoms with Gasteiger partial charge in [-0.05, 0) is 50.8 Å². The summed E-state index contributed by atoms with van der Waals surface area (Å²) in [7, 11) is 0. The fourth-order valence-corrected chi connectivity index (χ4v) is 2.11. The molecule has 2 nitrogen and oxygen atoms in total. The number of hydrogen-bond donors (Lipinski definition) is 1. The van der Waals surface area contributed by atoms with Crippen molar-refractivity contribution in [3.8, 4) is 5.75 Å². The van der Waals surface area contributed by atoms with E-state index in [-0.39, 0.29) is 0 Å². The van der Waals surface area contributed by atoms with Crippen molar-refractivity contribution in [3.05, 3.63) is 40.9 Å². The summed E-state index contributed by atoms with van der Waals surface area (Å²) >= 11 is 3.40. The molecule has 0 saturated carbocycles. The van der Waals surface area contributed by atoms with Gasteiger partial charge in [-0.25, -0.2) is 0 Å². The molecule has 0 radical (unpaired) electrons. The normalized spacial score (nSPS) is 12.2. The lowest BCUT2D eigenvalue weighted by molar-refractivity contribution is 0.190. The van der Waals surface area contributed by atoms with Gasteiger partial charge in [-0.1, -0.05) is 22.0 Å². The maximum absolute atomic E-state index is 9.69. The van der Waals surface area contributed by atoms with Gasteiger partial charge in [0.25, 0.3) is 0 Å². The Morgan fingerprint density at radius 2 is 2.17 bits per heavy atom. The van der Waals surface area contributed by atoms with Crippen molar-refractivity contribution in [1.29, 1.82) is 0 Å². The van der Waals surface area contributed by atoms with Crippen molar-refractivity contribution in [1.82, 2.24) is 0 Å². The Balaban J connectivity index is 2.44. The van der Waals surface area contributed by atoms with Crippen LogP contribution in [0, 0.1) is 0 Å². The van der Waals surface area contributed by atoms with E-state index in [1.807, 2.05) is 24.3 Å². The Morgan fingerprint density at radius 3 is 2.83 bits per heavy atom. The standard InChI is InChI=1S/C15H21BrO2/c1-3-4-5-6-7-10-18-15-9-8-13(16)11-14(15)12(2)17/h3,8-9,11-12,17H,1,4-7,10H2,2H3. The molecular formula is C15H21BrO2. The number of hydrogen-bond acceptors (Lipinski definition) is 2. The van der Waals surface area contributed by atoms with E-state index in [0.29, 0.717) is 6.61 Å². The van der Waals surface area contributed by atoms with E-state index in [4.69, 9.17) is 4.74 Å². The van der Waals surface area contributed by atoms with Gasteiger partial charge >= 0.3 is 0 Å². The Hall–Kier alpha value is -0.800. The van der Waals surface area contributed by atoms with Gasteiger partial charge in [-0.15, -0.1) is 6.58 Å². The summed E-state index contributed by atoms with van der Waals surface area (Å²) in [5.74, 6) is 0.775. The minimum Gasteiger partial charge on any atom is -0.493 e. The van der Waals surface area contributed by atoms with Crippen molar-refractivity contribution in [3.63, 3.8) is 0 Å². The highest BCUT2D eigenvalue weighted by Crippen LogP contribution is 2.28. The molecule has 1 aromatic carbocycles. The zero-order valence-corrected chi connectivity index (χ0v) is 12.4. The largest absolute Gasteiger partial charge is 0.493 e. The third-order valence-electron chi connectivity index (χ3n) is 2.73. The minimum absolute atomic E-state index is 0.515. The number of ether oxygens (including phenoxy) is 1. The fraction of sp³-hybridized carbons (Fsp3) is 0.467. The molecule has 0 aliphatic heterocycles. The van der Waals surface area contributed by atoms with Crippen LogP contribution in [0.3, 0.4) is 0 Å². The molecule has 100 valence electrons. The van der Waals surface area contributed by atoms with Crippen LogP contribution in [-0.2, 0) is 0 Å². The van der Waals surface area contributed by atoms with E-state index in [1.165, 1.54) is 0 Å². The first-order valence-electron chi connectivity index (χ1n) is 6.36. The molecule has 0 aliphatic rings. The van der Waals surface area contributed by atoms with Crippen molar-refractivity contribution < 1.29 is 9.84 Å². The average Bonchev–Trinajstić information content (AvgIpc) is 2.35. The minimum atomic E-state index is -0.515. The number of allylic oxidation sites excluding steroid dienone is 1. The van der Waals surface area contributed by atoms with E-state index in [2.05, 4.69) is 22.5 Å². The second-order valence-corrected chi connectivity index (χ2v) is 5.26. The Labute approximate surface area is 118 Å². The van der Waals surface area contributed by atoms with Crippen LogP contribution < -0.4 is 4.74 Å². The van der Waals surface area contributed by atoms with Gasteiger partial charge in [0, 0.05) is 10.0 Å². The van der Waals surface area contributed by atoms with Gasteiger partial charge in [0.1, 0.15) is 5.75 Å². The van der Waals surface area contributed by atoms with Crippen molar-refractivity contribution in [2.24, 2.45) is 0 Å². The third kappa shape index (κ3) is 5.23. The highest BCUT2D eigenvalue weighted by Gasteiger charge is 2.09. The van der Waals surface area contributed by atoms with Crippen molar-refractivity contribution in [2.45, 2.75) is 38.7 Å². The average molecular weight is 313 g/mol. The van der Waals surface area contributed by atoms with Gasteiger partial charge in [0.05, 0.1) is 12.7 Å². The molecule has 0 aliphatic carbocycles. The molecule has 3 heteroatoms. The highest BCUT2D eigenvalue weighted by molar-refractivity contribution is 9.10. The number of benzene rings is 1. The Kier molecular flexibility index (Phi) is 7.06. The molecule has 18 heavy (non-hydrogen) atoms. The van der Waals surface area contributed by atoms with Gasteiger partial charge in [0.15, 0.2) is 0 Å². The topological polar surface area (TPSA) is 29.5 Å². The molecular weight excluding hydrogens is 292 g/mol. The first-order valence-corrected chi connectivity index (χ1v) is 7.15. The lowest BCUT2D eigenvalue weighted by Crippen LogP contribution is -2.02. The highest BCUT2D eigenvalue weighted by atomic mass is 79.9. The maximum Gasteiger partial charge on any atom is 0.125 e. The number of rotatable bonds is 8. The summed E-state index contributed by atoms with van der Waals surface area (Å²) in [5.41, 5.74) is 0.829. The number of aliphatic hydroxyl groups excluding tert-OH is 1. The van der Waals surface area contributed by atoms with Crippen molar-refractivity contribution in [2.75, 3.05) is 6.61 Å². The molecule has 1 aromatic rings. The number of aliphatic hydroxyl groups is 1. The third-order valence-corrected chi connectivity index (χ3v) is 3.23. The van der Waals surface area contributed by atoms with E-state index < -0.39 is 6.10 Å². The lowest BCUT2D eigenvalue weighted by atomic mass is 10.1. The van der Waals surface area contributed by atoms with Crippen LogP contribution in [0.15, 0.2) is 35.3 Å². The summed E-state index contributed by atoms with van der Waals surface area (Å²) in [5, 5.41) is 9.69. The zero-order valence-electron chi connectivity index (χ0n) is 10.9. The van der Waals surface area contributed by atoms with Crippen LogP contribution in [0.4, 0.5) is 0 Å². The molecule has 0 heterocycles. The predicted molar refractivity (Wildman–Crippen MR) is 78.9 cm³/mol. The van der Waals surface area contributed by atoms with E-state index in [0.717, 1.165) is 41.5 Å². The zero-order chi connectivity index (χ0) is 13.4. The second-order valence-electron chi connectivity index (χ2n) is 4.34. The molecule has 0 spiro atoms. The monoisotopic (exact) mass is 312 g/mol. The molecule has 1 unspecified atom stereocenters. The van der Waals surface area contributed by atoms with E-state index in [1.54, 1.807) is 6.92 Å². The summed E-state index contributed by atoms with van der Waals surface area (Å²) in [6.45, 7) is 6.14. The molecule has 1 atom stereocenters. The van der Waals surface area contributed by atoms with Crippen LogP contribution in [0.2, 0.25) is 0 Å². The fourth-order valence-electron chi connectivity index (χ4n) is 1.73. The molecule has 1 N–H and O–H groups in total. The van der Waals surface area contributed by atoms with Crippen LogP contribution >= 0.6 is 15.9 Å². The van der Waals surface area contributed by atoms with Gasteiger partial charge in [0.2, 0.25) is 0 Å². The van der Waals surface area contributed by atoms with Gasteiger partial charge in [-0.3, -0.25) is 0 Å². The SMILES string of the molecule is C=CCCCCCOc1ccc(Br)cc1C(C)O. The Morgan fingerprint density at radius 1 is 1.39 bits per heavy atom. The first kappa shape index (κ1) is 15.3. The predicted octanol–water partition coefficient (Wildman–Crippen LogP) is 4.63. The smallest absolute Gasteiger partial charge is 0.125 e. The van der Waals surface area contributed by atoms with Gasteiger partial charge < -0.3 is 9.84 Å².